The first kappa shape index (κ1) is 14.4. The first-order valence-electron chi connectivity index (χ1n) is 8.75. The van der Waals surface area contributed by atoms with E-state index in [1.54, 1.807) is 0 Å². The van der Waals surface area contributed by atoms with E-state index in [1.165, 1.54) is 38.5 Å². The van der Waals surface area contributed by atoms with Crippen molar-refractivity contribution in [3.63, 3.8) is 0 Å². The van der Waals surface area contributed by atoms with Crippen LogP contribution < -0.4 is 10.6 Å². The Bertz CT molecular complexity index is 338. The second kappa shape index (κ2) is 6.46. The second-order valence-corrected chi connectivity index (χ2v) is 7.36. The molecule has 3 nitrogen and oxygen atoms in total. The van der Waals surface area contributed by atoms with Gasteiger partial charge in [-0.05, 0) is 63.5 Å². The van der Waals surface area contributed by atoms with Crippen molar-refractivity contribution in [3.8, 4) is 0 Å². The average Bonchev–Trinajstić information content (AvgIpc) is 3.01. The number of hydrogen-bond donors (Lipinski definition) is 2. The Morgan fingerprint density at radius 3 is 2.65 bits per heavy atom. The van der Waals surface area contributed by atoms with E-state index in [9.17, 15) is 4.79 Å². The number of nitrogens with one attached hydrogen (secondary N) is 2. The topological polar surface area (TPSA) is 41.1 Å². The van der Waals surface area contributed by atoms with Crippen molar-refractivity contribution in [1.29, 1.82) is 0 Å². The fraction of sp³-hybridized carbons (Fsp3) is 0.941. The number of hydrogen-bond acceptors (Lipinski definition) is 2. The summed E-state index contributed by atoms with van der Waals surface area (Å²) in [7, 11) is 0. The van der Waals surface area contributed by atoms with Gasteiger partial charge in [0.25, 0.3) is 0 Å². The molecule has 0 aromatic carbocycles. The molecule has 3 fully saturated rings. The molecule has 1 amide bonds. The molecular weight excluding hydrogens is 248 g/mol. The summed E-state index contributed by atoms with van der Waals surface area (Å²) < 4.78 is 0. The Labute approximate surface area is 123 Å². The molecular formula is C17H30N2O. The van der Waals surface area contributed by atoms with E-state index < -0.39 is 0 Å². The van der Waals surface area contributed by atoms with Crippen LogP contribution in [0.25, 0.3) is 0 Å². The van der Waals surface area contributed by atoms with E-state index in [2.05, 4.69) is 17.6 Å². The normalized spacial score (nSPS) is 39.0. The van der Waals surface area contributed by atoms with Gasteiger partial charge in [0.1, 0.15) is 0 Å². The van der Waals surface area contributed by atoms with Crippen LogP contribution in [-0.4, -0.2) is 25.0 Å². The van der Waals surface area contributed by atoms with Gasteiger partial charge in [0, 0.05) is 12.0 Å². The lowest BCUT2D eigenvalue weighted by atomic mass is 9.67. The molecule has 1 saturated heterocycles. The average molecular weight is 278 g/mol. The van der Waals surface area contributed by atoms with Gasteiger partial charge < -0.3 is 10.6 Å². The minimum absolute atomic E-state index is 0.297. The summed E-state index contributed by atoms with van der Waals surface area (Å²) in [6, 6.07) is 0.335. The van der Waals surface area contributed by atoms with E-state index in [-0.39, 0.29) is 0 Å². The van der Waals surface area contributed by atoms with E-state index in [1.807, 2.05) is 0 Å². The molecule has 1 heterocycles. The van der Waals surface area contributed by atoms with Gasteiger partial charge in [-0.2, -0.15) is 0 Å². The Hall–Kier alpha value is -0.570. The minimum atomic E-state index is 0.297. The van der Waals surface area contributed by atoms with Crippen molar-refractivity contribution < 1.29 is 4.79 Å². The number of carbonyl (C=O) groups is 1. The van der Waals surface area contributed by atoms with Gasteiger partial charge in [-0.3, -0.25) is 4.79 Å². The van der Waals surface area contributed by atoms with E-state index in [4.69, 9.17) is 0 Å². The molecule has 0 aromatic rings. The van der Waals surface area contributed by atoms with E-state index >= 15 is 0 Å². The summed E-state index contributed by atoms with van der Waals surface area (Å²) in [6.45, 7) is 4.36. The molecule has 2 N–H and O–H groups in total. The predicted octanol–water partition coefficient (Wildman–Crippen LogP) is 2.71. The standard InChI is InChI=1S/C17H30N2O/c1-12(16-8-9-18-11-16)19-17(20)15-7-6-13-4-2-3-5-14(13)10-15/h12-16,18H,2-11H2,1H3,(H,19,20). The van der Waals surface area contributed by atoms with Gasteiger partial charge >= 0.3 is 0 Å². The van der Waals surface area contributed by atoms with Crippen LogP contribution in [0, 0.1) is 23.7 Å². The molecule has 0 spiro atoms. The third kappa shape index (κ3) is 3.19. The highest BCUT2D eigenvalue weighted by molar-refractivity contribution is 5.79. The van der Waals surface area contributed by atoms with Crippen molar-refractivity contribution in [3.05, 3.63) is 0 Å². The first-order valence-corrected chi connectivity index (χ1v) is 8.75. The lowest BCUT2D eigenvalue weighted by Crippen LogP contribution is -2.44. The van der Waals surface area contributed by atoms with Gasteiger partial charge in [-0.1, -0.05) is 25.7 Å². The fourth-order valence-corrected chi connectivity index (χ4v) is 4.68. The number of rotatable bonds is 3. The van der Waals surface area contributed by atoms with Crippen LogP contribution in [-0.2, 0) is 4.79 Å². The summed E-state index contributed by atoms with van der Waals surface area (Å²) in [5.74, 6) is 3.05. The fourth-order valence-electron chi connectivity index (χ4n) is 4.68. The summed E-state index contributed by atoms with van der Waals surface area (Å²) in [5.41, 5.74) is 0. The van der Waals surface area contributed by atoms with E-state index in [0.29, 0.717) is 23.8 Å². The highest BCUT2D eigenvalue weighted by Gasteiger charge is 2.35. The highest BCUT2D eigenvalue weighted by Crippen LogP contribution is 2.42. The molecule has 0 aromatic heterocycles. The lowest BCUT2D eigenvalue weighted by molar-refractivity contribution is -0.128. The van der Waals surface area contributed by atoms with Crippen LogP contribution in [0.15, 0.2) is 0 Å². The van der Waals surface area contributed by atoms with Gasteiger partial charge in [0.2, 0.25) is 5.91 Å². The summed E-state index contributed by atoms with van der Waals surface area (Å²) in [6.07, 6.45) is 10.4. The van der Waals surface area contributed by atoms with Crippen molar-refractivity contribution in [2.24, 2.45) is 23.7 Å². The Balaban J connectivity index is 1.49. The van der Waals surface area contributed by atoms with Crippen LogP contribution in [0.5, 0.6) is 0 Å². The van der Waals surface area contributed by atoms with Crippen LogP contribution in [0.2, 0.25) is 0 Å². The maximum Gasteiger partial charge on any atom is 0.223 e. The largest absolute Gasteiger partial charge is 0.353 e. The molecule has 20 heavy (non-hydrogen) atoms. The van der Waals surface area contributed by atoms with Gasteiger partial charge in [-0.25, -0.2) is 0 Å². The molecule has 5 atom stereocenters. The Morgan fingerprint density at radius 2 is 1.90 bits per heavy atom. The van der Waals surface area contributed by atoms with Gasteiger partial charge in [-0.15, -0.1) is 0 Å². The minimum Gasteiger partial charge on any atom is -0.353 e. The number of amides is 1. The highest BCUT2D eigenvalue weighted by atomic mass is 16.1. The van der Waals surface area contributed by atoms with Crippen LogP contribution in [0.4, 0.5) is 0 Å². The van der Waals surface area contributed by atoms with Crippen LogP contribution >= 0.6 is 0 Å². The van der Waals surface area contributed by atoms with Crippen molar-refractivity contribution in [2.45, 2.75) is 64.3 Å². The predicted molar refractivity (Wildman–Crippen MR) is 81.4 cm³/mol. The molecule has 2 aliphatic carbocycles. The van der Waals surface area contributed by atoms with E-state index in [0.717, 1.165) is 37.8 Å². The summed E-state index contributed by atoms with van der Waals surface area (Å²) >= 11 is 0. The summed E-state index contributed by atoms with van der Waals surface area (Å²) in [4.78, 5) is 12.5. The molecule has 114 valence electrons. The molecule has 3 rings (SSSR count). The third-order valence-corrected chi connectivity index (χ3v) is 6.09. The quantitative estimate of drug-likeness (QED) is 0.833. The van der Waals surface area contributed by atoms with Crippen LogP contribution in [0.3, 0.4) is 0 Å². The molecule has 0 radical (unpaired) electrons. The zero-order valence-corrected chi connectivity index (χ0v) is 12.9. The van der Waals surface area contributed by atoms with Crippen molar-refractivity contribution in [2.75, 3.05) is 13.1 Å². The molecule has 2 saturated carbocycles. The summed E-state index contributed by atoms with van der Waals surface area (Å²) in [5, 5.41) is 6.70. The number of fused-ring (bicyclic) bond motifs is 1. The Morgan fingerprint density at radius 1 is 1.10 bits per heavy atom. The zero-order valence-electron chi connectivity index (χ0n) is 12.9. The second-order valence-electron chi connectivity index (χ2n) is 7.36. The molecule has 5 unspecified atom stereocenters. The Kier molecular flexibility index (Phi) is 4.65. The molecule has 0 bridgehead atoms. The number of carbonyl (C=O) groups excluding carboxylic acids is 1. The van der Waals surface area contributed by atoms with Gasteiger partial charge in [0.15, 0.2) is 0 Å². The smallest absolute Gasteiger partial charge is 0.223 e. The SMILES string of the molecule is CC(NC(=O)C1CCC2CCCCC2C1)C1CCNC1. The molecule has 3 aliphatic rings. The third-order valence-electron chi connectivity index (χ3n) is 6.09. The zero-order chi connectivity index (χ0) is 13.9. The van der Waals surface area contributed by atoms with Crippen LogP contribution in [0.1, 0.15) is 58.3 Å². The maximum atomic E-state index is 12.5. The maximum absolute atomic E-state index is 12.5. The first-order chi connectivity index (χ1) is 9.74. The van der Waals surface area contributed by atoms with Crippen molar-refractivity contribution in [1.82, 2.24) is 10.6 Å². The molecule has 3 heteroatoms. The van der Waals surface area contributed by atoms with Gasteiger partial charge in [0.05, 0.1) is 0 Å². The molecule has 1 aliphatic heterocycles. The monoisotopic (exact) mass is 278 g/mol. The lowest BCUT2D eigenvalue weighted by Gasteiger charge is -2.39. The van der Waals surface area contributed by atoms with Crippen molar-refractivity contribution >= 4 is 5.91 Å².